The second kappa shape index (κ2) is 7.01. The van der Waals surface area contributed by atoms with Gasteiger partial charge < -0.3 is 10.1 Å². The monoisotopic (exact) mass is 367 g/mol. The van der Waals surface area contributed by atoms with Gasteiger partial charge in [0.1, 0.15) is 5.75 Å². The molecule has 26 heavy (non-hydrogen) atoms. The largest absolute Gasteiger partial charge is 0.497 e. The molecule has 0 unspecified atom stereocenters. The fourth-order valence-electron chi connectivity index (χ4n) is 2.75. The summed E-state index contributed by atoms with van der Waals surface area (Å²) in [5.41, 5.74) is 2.98. The number of rotatable bonds is 6. The molecule has 4 aromatic rings. The van der Waals surface area contributed by atoms with Crippen LogP contribution in [0.25, 0.3) is 16.2 Å². The van der Waals surface area contributed by atoms with E-state index in [0.717, 1.165) is 22.0 Å². The van der Waals surface area contributed by atoms with Crippen molar-refractivity contribution in [1.82, 2.24) is 24.9 Å². The number of carbonyl (C=O) groups is 1. The van der Waals surface area contributed by atoms with Gasteiger partial charge in [-0.2, -0.15) is 5.10 Å². The third kappa shape index (κ3) is 3.18. The number of aromatic nitrogens is 4. The Labute approximate surface area is 153 Å². The molecule has 4 rings (SSSR count). The summed E-state index contributed by atoms with van der Waals surface area (Å²) in [6.07, 6.45) is 6.17. The molecular weight excluding hydrogens is 350 g/mol. The lowest BCUT2D eigenvalue weighted by Crippen LogP contribution is -2.25. The molecule has 0 bridgehead atoms. The average Bonchev–Trinajstić information content (AvgIpc) is 3.37. The van der Waals surface area contributed by atoms with Gasteiger partial charge in [-0.3, -0.25) is 14.3 Å². The number of benzene rings is 1. The number of hydrogen-bond donors (Lipinski definition) is 2. The molecule has 0 radical (unpaired) electrons. The van der Waals surface area contributed by atoms with Gasteiger partial charge in [0.05, 0.1) is 30.3 Å². The molecule has 0 aliphatic heterocycles. The van der Waals surface area contributed by atoms with Gasteiger partial charge in [0, 0.05) is 36.3 Å². The number of amides is 1. The molecule has 3 aromatic heterocycles. The zero-order valence-electron chi connectivity index (χ0n) is 14.1. The molecule has 0 fully saturated rings. The molecular formula is C18H17N5O2S. The van der Waals surface area contributed by atoms with Crippen LogP contribution >= 0.6 is 11.3 Å². The van der Waals surface area contributed by atoms with Gasteiger partial charge >= 0.3 is 0 Å². The van der Waals surface area contributed by atoms with Crippen LogP contribution in [0.4, 0.5) is 0 Å². The molecule has 1 aromatic carbocycles. The minimum absolute atomic E-state index is 0.169. The van der Waals surface area contributed by atoms with Gasteiger partial charge in [-0.05, 0) is 12.1 Å². The molecule has 8 heteroatoms. The highest BCUT2D eigenvalue weighted by Crippen LogP contribution is 2.24. The van der Waals surface area contributed by atoms with E-state index in [1.807, 2.05) is 46.4 Å². The minimum atomic E-state index is -0.169. The van der Waals surface area contributed by atoms with E-state index in [-0.39, 0.29) is 5.91 Å². The normalized spacial score (nSPS) is 11.0. The van der Waals surface area contributed by atoms with Crippen LogP contribution in [0.5, 0.6) is 5.75 Å². The molecule has 1 amide bonds. The number of carbonyl (C=O) groups excluding carboxylic acids is 1. The van der Waals surface area contributed by atoms with Crippen LogP contribution in [0, 0.1) is 0 Å². The second-order valence-electron chi connectivity index (χ2n) is 5.72. The van der Waals surface area contributed by atoms with Gasteiger partial charge in [0.2, 0.25) is 0 Å². The summed E-state index contributed by atoms with van der Waals surface area (Å²) in [5.74, 6) is 0.556. The number of nitrogens with zero attached hydrogens (tertiary/aromatic N) is 3. The number of nitrogens with one attached hydrogen (secondary N) is 2. The van der Waals surface area contributed by atoms with Crippen LogP contribution < -0.4 is 10.1 Å². The highest BCUT2D eigenvalue weighted by Gasteiger charge is 2.15. The molecule has 0 spiro atoms. The van der Waals surface area contributed by atoms with E-state index in [4.69, 9.17) is 4.74 Å². The second-order valence-corrected chi connectivity index (χ2v) is 6.59. The van der Waals surface area contributed by atoms with Crippen LogP contribution in [0.2, 0.25) is 0 Å². The maximum atomic E-state index is 12.5. The van der Waals surface area contributed by atoms with E-state index in [2.05, 4.69) is 20.5 Å². The van der Waals surface area contributed by atoms with Crippen molar-refractivity contribution in [1.29, 1.82) is 0 Å². The van der Waals surface area contributed by atoms with E-state index in [0.29, 0.717) is 24.2 Å². The maximum absolute atomic E-state index is 12.5. The van der Waals surface area contributed by atoms with E-state index >= 15 is 0 Å². The quantitative estimate of drug-likeness (QED) is 0.549. The van der Waals surface area contributed by atoms with Crippen molar-refractivity contribution in [3.05, 3.63) is 59.5 Å². The Balaban J connectivity index is 1.43. The predicted molar refractivity (Wildman–Crippen MR) is 99.7 cm³/mol. The Hall–Kier alpha value is -3.13. The fraction of sp³-hybridized carbons (Fsp3) is 0.167. The average molecular weight is 367 g/mol. The highest BCUT2D eigenvalue weighted by atomic mass is 32.1. The number of imidazole rings is 1. The molecule has 0 saturated carbocycles. The lowest BCUT2D eigenvalue weighted by Gasteiger charge is -2.06. The van der Waals surface area contributed by atoms with Crippen molar-refractivity contribution in [3.8, 4) is 17.0 Å². The first kappa shape index (κ1) is 16.3. The van der Waals surface area contributed by atoms with Crippen LogP contribution in [0.15, 0.2) is 48.2 Å². The van der Waals surface area contributed by atoms with Crippen molar-refractivity contribution >= 4 is 22.2 Å². The summed E-state index contributed by atoms with van der Waals surface area (Å²) < 4.78 is 7.23. The number of H-pyrrole nitrogens is 1. The standard InChI is InChI=1S/C18H17N5O2S/c1-25-14-4-2-3-12(9-14)16-15(10-20-22-16)17(24)19-6-5-13-11-23-7-8-26-18(23)21-13/h2-4,7-11H,5-6H2,1H3,(H,19,24)(H,20,22). The Morgan fingerprint density at radius 1 is 1.42 bits per heavy atom. The zero-order chi connectivity index (χ0) is 17.9. The summed E-state index contributed by atoms with van der Waals surface area (Å²) in [6, 6.07) is 7.50. The molecule has 132 valence electrons. The van der Waals surface area contributed by atoms with Crippen LogP contribution in [-0.2, 0) is 6.42 Å². The van der Waals surface area contributed by atoms with E-state index in [9.17, 15) is 4.79 Å². The SMILES string of the molecule is COc1cccc(-c2[nH]ncc2C(=O)NCCc2cn3ccsc3n2)c1. The van der Waals surface area contributed by atoms with Crippen LogP contribution in [0.3, 0.4) is 0 Å². The van der Waals surface area contributed by atoms with Crippen molar-refractivity contribution < 1.29 is 9.53 Å². The molecule has 7 nitrogen and oxygen atoms in total. The third-order valence-electron chi connectivity index (χ3n) is 4.05. The molecule has 0 aliphatic carbocycles. The van der Waals surface area contributed by atoms with Crippen LogP contribution in [-0.4, -0.2) is 39.1 Å². The molecule has 0 atom stereocenters. The molecule has 0 saturated heterocycles. The summed E-state index contributed by atoms with van der Waals surface area (Å²) in [6.45, 7) is 0.506. The van der Waals surface area contributed by atoms with Crippen LogP contribution in [0.1, 0.15) is 16.1 Å². The van der Waals surface area contributed by atoms with Crippen molar-refractivity contribution in [2.45, 2.75) is 6.42 Å². The number of thiazole rings is 1. The summed E-state index contributed by atoms with van der Waals surface area (Å²) in [4.78, 5) is 18.0. The Bertz CT molecular complexity index is 1020. The third-order valence-corrected chi connectivity index (χ3v) is 4.82. The summed E-state index contributed by atoms with van der Waals surface area (Å²) in [7, 11) is 1.61. The fourth-order valence-corrected chi connectivity index (χ4v) is 3.47. The smallest absolute Gasteiger partial charge is 0.255 e. The number of aromatic amines is 1. The Morgan fingerprint density at radius 3 is 3.19 bits per heavy atom. The van der Waals surface area contributed by atoms with E-state index in [1.165, 1.54) is 6.20 Å². The van der Waals surface area contributed by atoms with Crippen molar-refractivity contribution in [2.75, 3.05) is 13.7 Å². The topological polar surface area (TPSA) is 84.3 Å². The maximum Gasteiger partial charge on any atom is 0.255 e. The summed E-state index contributed by atoms with van der Waals surface area (Å²) >= 11 is 1.59. The Kier molecular flexibility index (Phi) is 4.40. The minimum Gasteiger partial charge on any atom is -0.497 e. The lowest BCUT2D eigenvalue weighted by molar-refractivity contribution is 0.0955. The van der Waals surface area contributed by atoms with Gasteiger partial charge in [0.15, 0.2) is 4.96 Å². The summed E-state index contributed by atoms with van der Waals surface area (Å²) in [5, 5.41) is 11.8. The lowest BCUT2D eigenvalue weighted by atomic mass is 10.1. The number of methoxy groups -OCH3 is 1. The van der Waals surface area contributed by atoms with Gasteiger partial charge in [-0.15, -0.1) is 11.3 Å². The molecule has 3 heterocycles. The molecule has 2 N–H and O–H groups in total. The van der Waals surface area contributed by atoms with E-state index < -0.39 is 0 Å². The number of hydrogen-bond acceptors (Lipinski definition) is 5. The van der Waals surface area contributed by atoms with Crippen molar-refractivity contribution in [2.24, 2.45) is 0 Å². The zero-order valence-corrected chi connectivity index (χ0v) is 14.9. The first-order valence-corrected chi connectivity index (χ1v) is 8.99. The first-order valence-electron chi connectivity index (χ1n) is 8.11. The van der Waals surface area contributed by atoms with Gasteiger partial charge in [0.25, 0.3) is 5.91 Å². The highest BCUT2D eigenvalue weighted by molar-refractivity contribution is 7.15. The predicted octanol–water partition coefficient (Wildman–Crippen LogP) is 2.77. The van der Waals surface area contributed by atoms with Gasteiger partial charge in [-0.1, -0.05) is 12.1 Å². The van der Waals surface area contributed by atoms with Crippen molar-refractivity contribution in [3.63, 3.8) is 0 Å². The number of ether oxygens (including phenoxy) is 1. The Morgan fingerprint density at radius 2 is 2.35 bits per heavy atom. The van der Waals surface area contributed by atoms with Gasteiger partial charge in [-0.25, -0.2) is 4.98 Å². The molecule has 0 aliphatic rings. The number of fused-ring (bicyclic) bond motifs is 1. The van der Waals surface area contributed by atoms with E-state index in [1.54, 1.807) is 18.4 Å². The first-order chi connectivity index (χ1) is 12.7.